The number of amides is 1. The Labute approximate surface area is 118 Å². The number of aryl methyl sites for hydroxylation is 3. The fraction of sp³-hybridized carbons (Fsp3) is 0.375. The van der Waals surface area contributed by atoms with Gasteiger partial charge in [0, 0.05) is 24.8 Å². The summed E-state index contributed by atoms with van der Waals surface area (Å²) in [5, 5.41) is 2.97. The van der Waals surface area contributed by atoms with Crippen LogP contribution in [0.4, 0.5) is 5.69 Å². The molecule has 2 aromatic rings. The Kier molecular flexibility index (Phi) is 3.54. The lowest BCUT2D eigenvalue weighted by molar-refractivity contribution is 0.102. The lowest BCUT2D eigenvalue weighted by Crippen LogP contribution is -2.13. The van der Waals surface area contributed by atoms with Gasteiger partial charge in [-0.05, 0) is 30.9 Å². The summed E-state index contributed by atoms with van der Waals surface area (Å²) in [6.07, 6.45) is 6.08. The van der Waals surface area contributed by atoms with E-state index in [1.165, 1.54) is 6.42 Å². The number of carbonyl (C=O) groups excluding carboxylic acids is 1. The smallest absolute Gasteiger partial charge is 0.275 e. The predicted octanol–water partition coefficient (Wildman–Crippen LogP) is 3.03. The van der Waals surface area contributed by atoms with Crippen molar-refractivity contribution >= 4 is 11.6 Å². The van der Waals surface area contributed by atoms with Gasteiger partial charge in [-0.25, -0.2) is 4.98 Å². The Morgan fingerprint density at radius 1 is 1.35 bits per heavy atom. The highest BCUT2D eigenvalue weighted by molar-refractivity contribution is 6.03. The van der Waals surface area contributed by atoms with Gasteiger partial charge in [0.2, 0.25) is 0 Å². The molecule has 1 aliphatic heterocycles. The number of aromatic nitrogens is 2. The van der Waals surface area contributed by atoms with Gasteiger partial charge in [0.1, 0.15) is 11.5 Å². The van der Waals surface area contributed by atoms with Crippen LogP contribution in [0.15, 0.2) is 30.5 Å². The molecule has 1 N–H and O–H groups in total. The van der Waals surface area contributed by atoms with Crippen molar-refractivity contribution in [1.29, 1.82) is 0 Å². The first-order valence-electron chi connectivity index (χ1n) is 7.23. The van der Waals surface area contributed by atoms with Crippen LogP contribution in [0.3, 0.4) is 0 Å². The molecule has 4 nitrogen and oxygen atoms in total. The number of hydrogen-bond donors (Lipinski definition) is 1. The molecule has 1 aromatic heterocycles. The van der Waals surface area contributed by atoms with Gasteiger partial charge in [0.15, 0.2) is 0 Å². The highest BCUT2D eigenvalue weighted by Crippen LogP contribution is 2.18. The number of nitrogens with zero attached hydrogens (tertiary/aromatic N) is 2. The maximum Gasteiger partial charge on any atom is 0.275 e. The van der Waals surface area contributed by atoms with Crippen molar-refractivity contribution in [3.8, 4) is 0 Å². The average molecular weight is 269 g/mol. The Hall–Kier alpha value is -2.10. The first kappa shape index (κ1) is 12.9. The highest BCUT2D eigenvalue weighted by Gasteiger charge is 2.17. The summed E-state index contributed by atoms with van der Waals surface area (Å²) in [7, 11) is 0. The van der Waals surface area contributed by atoms with E-state index in [0.717, 1.165) is 42.9 Å². The van der Waals surface area contributed by atoms with Crippen molar-refractivity contribution in [2.75, 3.05) is 5.32 Å². The number of para-hydroxylation sites is 1. The molecular formula is C16H19N3O. The van der Waals surface area contributed by atoms with Crippen molar-refractivity contribution in [2.45, 2.75) is 39.2 Å². The largest absolute Gasteiger partial charge is 0.334 e. The number of hydrogen-bond acceptors (Lipinski definition) is 2. The van der Waals surface area contributed by atoms with Crippen LogP contribution in [0.25, 0.3) is 0 Å². The summed E-state index contributed by atoms with van der Waals surface area (Å²) >= 11 is 0. The summed E-state index contributed by atoms with van der Waals surface area (Å²) in [4.78, 5) is 16.8. The van der Waals surface area contributed by atoms with Crippen molar-refractivity contribution in [3.05, 3.63) is 47.5 Å². The molecule has 3 rings (SSSR count). The molecule has 0 spiro atoms. The van der Waals surface area contributed by atoms with Crippen LogP contribution in [0.2, 0.25) is 0 Å². The second-order valence-electron chi connectivity index (χ2n) is 5.16. The van der Waals surface area contributed by atoms with Crippen LogP contribution in [-0.4, -0.2) is 15.5 Å². The van der Waals surface area contributed by atoms with E-state index in [0.29, 0.717) is 5.69 Å². The fourth-order valence-electron chi connectivity index (χ4n) is 2.66. The summed E-state index contributed by atoms with van der Waals surface area (Å²) in [5.41, 5.74) is 2.55. The van der Waals surface area contributed by atoms with Gasteiger partial charge >= 0.3 is 0 Å². The van der Waals surface area contributed by atoms with Gasteiger partial charge in [-0.1, -0.05) is 25.1 Å². The molecule has 0 atom stereocenters. The van der Waals surface area contributed by atoms with Crippen LogP contribution in [-0.2, 0) is 19.4 Å². The summed E-state index contributed by atoms with van der Waals surface area (Å²) in [6.45, 7) is 3.06. The summed E-state index contributed by atoms with van der Waals surface area (Å²) < 4.78 is 2.10. The zero-order valence-corrected chi connectivity index (χ0v) is 11.7. The molecule has 4 heteroatoms. The van der Waals surface area contributed by atoms with E-state index in [1.807, 2.05) is 30.5 Å². The zero-order chi connectivity index (χ0) is 13.9. The van der Waals surface area contributed by atoms with Gasteiger partial charge in [-0.3, -0.25) is 4.79 Å². The standard InChI is InChI=1S/C16H19N3O/c1-2-12-7-3-4-8-13(12)18-16(20)14-11-19-10-6-5-9-15(19)17-14/h3-4,7-8,11H,2,5-6,9-10H2,1H3,(H,18,20). The summed E-state index contributed by atoms with van der Waals surface area (Å²) in [6, 6.07) is 7.90. The summed E-state index contributed by atoms with van der Waals surface area (Å²) in [5.74, 6) is 0.915. The van der Waals surface area contributed by atoms with Crippen molar-refractivity contribution in [3.63, 3.8) is 0 Å². The van der Waals surface area contributed by atoms with Crippen molar-refractivity contribution in [1.82, 2.24) is 9.55 Å². The van der Waals surface area contributed by atoms with Gasteiger partial charge < -0.3 is 9.88 Å². The zero-order valence-electron chi connectivity index (χ0n) is 11.7. The first-order chi connectivity index (χ1) is 9.78. The minimum Gasteiger partial charge on any atom is -0.334 e. The van der Waals surface area contributed by atoms with E-state index in [4.69, 9.17) is 0 Å². The van der Waals surface area contributed by atoms with Crippen molar-refractivity contribution < 1.29 is 4.79 Å². The highest BCUT2D eigenvalue weighted by atomic mass is 16.1. The third-order valence-electron chi connectivity index (χ3n) is 3.79. The van der Waals surface area contributed by atoms with E-state index < -0.39 is 0 Å². The van der Waals surface area contributed by atoms with E-state index in [9.17, 15) is 4.79 Å². The molecule has 1 amide bonds. The quantitative estimate of drug-likeness (QED) is 0.931. The van der Waals surface area contributed by atoms with Crippen molar-refractivity contribution in [2.24, 2.45) is 0 Å². The van der Waals surface area contributed by atoms with Crippen LogP contribution in [0.1, 0.15) is 41.6 Å². The molecule has 1 aliphatic rings. The Bertz CT molecular complexity index is 607. The second-order valence-corrected chi connectivity index (χ2v) is 5.16. The molecule has 0 unspecified atom stereocenters. The number of nitrogens with one attached hydrogen (secondary N) is 1. The topological polar surface area (TPSA) is 46.9 Å². The molecule has 0 bridgehead atoms. The third-order valence-corrected chi connectivity index (χ3v) is 3.79. The van der Waals surface area contributed by atoms with Gasteiger partial charge in [0.05, 0.1) is 0 Å². The molecule has 1 aromatic carbocycles. The molecule has 0 aliphatic carbocycles. The fourth-order valence-corrected chi connectivity index (χ4v) is 2.66. The number of rotatable bonds is 3. The lowest BCUT2D eigenvalue weighted by atomic mass is 10.1. The van der Waals surface area contributed by atoms with Crippen LogP contribution >= 0.6 is 0 Å². The third kappa shape index (κ3) is 2.46. The molecule has 0 saturated carbocycles. The minimum absolute atomic E-state index is 0.118. The van der Waals surface area contributed by atoms with Crippen LogP contribution in [0.5, 0.6) is 0 Å². The number of anilines is 1. The van der Waals surface area contributed by atoms with E-state index in [1.54, 1.807) is 0 Å². The normalized spacial score (nSPS) is 13.8. The molecule has 20 heavy (non-hydrogen) atoms. The average Bonchev–Trinajstić information content (AvgIpc) is 2.92. The molecule has 2 heterocycles. The Morgan fingerprint density at radius 3 is 3.00 bits per heavy atom. The molecule has 0 saturated heterocycles. The monoisotopic (exact) mass is 269 g/mol. The van der Waals surface area contributed by atoms with Gasteiger partial charge in [-0.15, -0.1) is 0 Å². The number of benzene rings is 1. The Morgan fingerprint density at radius 2 is 2.20 bits per heavy atom. The van der Waals surface area contributed by atoms with E-state index >= 15 is 0 Å². The number of fused-ring (bicyclic) bond motifs is 1. The van der Waals surface area contributed by atoms with Crippen LogP contribution < -0.4 is 5.32 Å². The second kappa shape index (κ2) is 5.49. The molecule has 0 radical (unpaired) electrons. The lowest BCUT2D eigenvalue weighted by Gasteiger charge is -2.11. The van der Waals surface area contributed by atoms with Gasteiger partial charge in [-0.2, -0.15) is 0 Å². The molecular weight excluding hydrogens is 250 g/mol. The van der Waals surface area contributed by atoms with Crippen LogP contribution in [0, 0.1) is 0 Å². The SMILES string of the molecule is CCc1ccccc1NC(=O)c1cn2c(n1)CCCC2. The Balaban J connectivity index is 1.81. The van der Waals surface area contributed by atoms with E-state index in [2.05, 4.69) is 21.8 Å². The maximum atomic E-state index is 12.3. The maximum absolute atomic E-state index is 12.3. The number of carbonyl (C=O) groups is 1. The van der Waals surface area contributed by atoms with E-state index in [-0.39, 0.29) is 5.91 Å². The van der Waals surface area contributed by atoms with Gasteiger partial charge in [0.25, 0.3) is 5.91 Å². The minimum atomic E-state index is -0.118. The first-order valence-corrected chi connectivity index (χ1v) is 7.23. The predicted molar refractivity (Wildman–Crippen MR) is 78.9 cm³/mol. The molecule has 0 fully saturated rings. The molecule has 104 valence electrons. The number of imidazole rings is 1.